The van der Waals surface area contributed by atoms with Crippen molar-refractivity contribution in [2.75, 3.05) is 5.32 Å². The lowest BCUT2D eigenvalue weighted by atomic mass is 9.77. The van der Waals surface area contributed by atoms with E-state index >= 15 is 0 Å². The first-order valence-electron chi connectivity index (χ1n) is 9.06. The van der Waals surface area contributed by atoms with E-state index < -0.39 is 0 Å². The van der Waals surface area contributed by atoms with E-state index in [9.17, 15) is 9.90 Å². The molecule has 3 heteroatoms. The minimum Gasteiger partial charge on any atom is -0.508 e. The highest BCUT2D eigenvalue weighted by atomic mass is 16.3. The van der Waals surface area contributed by atoms with Gasteiger partial charge in [-0.05, 0) is 52.9 Å². The van der Waals surface area contributed by atoms with Crippen molar-refractivity contribution in [2.24, 2.45) is 0 Å². The maximum Gasteiger partial charge on any atom is 0.161 e. The Labute approximate surface area is 152 Å². The molecule has 1 heterocycles. The SMILES string of the molecule is O=C1CCCC2=C1[C@H](c1cccc(O)c1)Nc1ccc3ccccc3c12. The van der Waals surface area contributed by atoms with Crippen LogP contribution in [0, 0.1) is 0 Å². The van der Waals surface area contributed by atoms with E-state index in [4.69, 9.17) is 0 Å². The summed E-state index contributed by atoms with van der Waals surface area (Å²) in [5.41, 5.74) is 5.19. The van der Waals surface area contributed by atoms with E-state index in [0.29, 0.717) is 6.42 Å². The number of Topliss-reactive ketones (excluding diaryl/α,β-unsaturated/α-hetero) is 1. The molecule has 0 saturated heterocycles. The number of carbonyl (C=O) groups is 1. The second-order valence-electron chi connectivity index (χ2n) is 7.05. The molecule has 0 aromatic heterocycles. The van der Waals surface area contributed by atoms with Crippen molar-refractivity contribution in [3.05, 3.63) is 77.4 Å². The zero-order valence-electron chi connectivity index (χ0n) is 14.3. The lowest BCUT2D eigenvalue weighted by Gasteiger charge is -2.35. The van der Waals surface area contributed by atoms with E-state index in [0.717, 1.165) is 29.7 Å². The molecule has 1 aliphatic carbocycles. The highest BCUT2D eigenvalue weighted by Crippen LogP contribution is 2.48. The fourth-order valence-electron chi connectivity index (χ4n) is 4.36. The van der Waals surface area contributed by atoms with Gasteiger partial charge in [-0.15, -0.1) is 0 Å². The molecule has 0 bridgehead atoms. The molecule has 1 aliphatic heterocycles. The molecule has 0 amide bonds. The lowest BCUT2D eigenvalue weighted by molar-refractivity contribution is -0.116. The quantitative estimate of drug-likeness (QED) is 0.638. The van der Waals surface area contributed by atoms with Crippen LogP contribution in [-0.4, -0.2) is 10.9 Å². The first-order chi connectivity index (χ1) is 12.7. The third-order valence-electron chi connectivity index (χ3n) is 5.48. The van der Waals surface area contributed by atoms with Gasteiger partial charge in [-0.2, -0.15) is 0 Å². The van der Waals surface area contributed by atoms with E-state index in [1.807, 2.05) is 18.2 Å². The van der Waals surface area contributed by atoms with Crippen LogP contribution in [-0.2, 0) is 4.79 Å². The number of ketones is 1. The summed E-state index contributed by atoms with van der Waals surface area (Å²) in [6.45, 7) is 0. The van der Waals surface area contributed by atoms with Gasteiger partial charge in [0, 0.05) is 23.2 Å². The Hall–Kier alpha value is -3.07. The van der Waals surface area contributed by atoms with Crippen LogP contribution in [0.4, 0.5) is 5.69 Å². The number of fused-ring (bicyclic) bond motifs is 4. The van der Waals surface area contributed by atoms with Crippen LogP contribution in [0.25, 0.3) is 16.3 Å². The Bertz CT molecular complexity index is 1080. The first-order valence-corrected chi connectivity index (χ1v) is 9.06. The van der Waals surface area contributed by atoms with Crippen LogP contribution in [0.2, 0.25) is 0 Å². The van der Waals surface area contributed by atoms with Gasteiger partial charge in [0.05, 0.1) is 6.04 Å². The van der Waals surface area contributed by atoms with E-state index in [1.165, 1.54) is 21.9 Å². The van der Waals surface area contributed by atoms with Crippen LogP contribution in [0.1, 0.15) is 36.4 Å². The van der Waals surface area contributed by atoms with Gasteiger partial charge in [-0.1, -0.05) is 42.5 Å². The molecule has 1 atom stereocenters. The topological polar surface area (TPSA) is 49.3 Å². The van der Waals surface area contributed by atoms with Crippen molar-refractivity contribution >= 4 is 27.8 Å². The maximum absolute atomic E-state index is 12.9. The third kappa shape index (κ3) is 2.24. The van der Waals surface area contributed by atoms with Gasteiger partial charge < -0.3 is 10.4 Å². The maximum atomic E-state index is 12.9. The highest BCUT2D eigenvalue weighted by molar-refractivity contribution is 6.12. The molecule has 26 heavy (non-hydrogen) atoms. The van der Waals surface area contributed by atoms with Crippen molar-refractivity contribution in [2.45, 2.75) is 25.3 Å². The van der Waals surface area contributed by atoms with Gasteiger partial charge in [0.2, 0.25) is 0 Å². The third-order valence-corrected chi connectivity index (χ3v) is 5.48. The smallest absolute Gasteiger partial charge is 0.161 e. The summed E-state index contributed by atoms with van der Waals surface area (Å²) in [6, 6.07) is 19.6. The predicted molar refractivity (Wildman–Crippen MR) is 104 cm³/mol. The van der Waals surface area contributed by atoms with Gasteiger partial charge in [-0.25, -0.2) is 0 Å². The molecule has 3 aromatic carbocycles. The van der Waals surface area contributed by atoms with Gasteiger partial charge >= 0.3 is 0 Å². The number of allylic oxidation sites excluding steroid dienone is 1. The average Bonchev–Trinajstić information content (AvgIpc) is 2.67. The van der Waals surface area contributed by atoms with Crippen LogP contribution < -0.4 is 5.32 Å². The number of anilines is 1. The number of nitrogens with one attached hydrogen (secondary N) is 1. The predicted octanol–water partition coefficient (Wildman–Crippen LogP) is 5.22. The number of carbonyl (C=O) groups excluding carboxylic acids is 1. The molecule has 0 saturated carbocycles. The molecular formula is C23H19NO2. The summed E-state index contributed by atoms with van der Waals surface area (Å²) in [5.74, 6) is 0.435. The summed E-state index contributed by atoms with van der Waals surface area (Å²) in [6.07, 6.45) is 2.40. The minimum absolute atomic E-state index is 0.210. The Balaban J connectivity index is 1.79. The first kappa shape index (κ1) is 15.2. The second kappa shape index (κ2) is 5.73. The second-order valence-corrected chi connectivity index (χ2v) is 7.05. The monoisotopic (exact) mass is 341 g/mol. The zero-order valence-corrected chi connectivity index (χ0v) is 14.3. The van der Waals surface area contributed by atoms with Crippen LogP contribution in [0.5, 0.6) is 5.75 Å². The number of phenols is 1. The van der Waals surface area contributed by atoms with Crippen molar-refractivity contribution in [3.8, 4) is 5.75 Å². The number of benzene rings is 3. The van der Waals surface area contributed by atoms with E-state index in [1.54, 1.807) is 12.1 Å². The Morgan fingerprint density at radius 3 is 2.73 bits per heavy atom. The molecule has 3 nitrogen and oxygen atoms in total. The molecule has 2 aliphatic rings. The largest absolute Gasteiger partial charge is 0.508 e. The summed E-state index contributed by atoms with van der Waals surface area (Å²) in [7, 11) is 0. The minimum atomic E-state index is -0.210. The molecule has 0 radical (unpaired) electrons. The van der Waals surface area contributed by atoms with Crippen molar-refractivity contribution in [1.82, 2.24) is 0 Å². The molecule has 128 valence electrons. The highest BCUT2D eigenvalue weighted by Gasteiger charge is 2.34. The molecule has 0 unspecified atom stereocenters. The number of rotatable bonds is 1. The normalized spacial score (nSPS) is 19.1. The standard InChI is InChI=1S/C23H19NO2/c25-16-7-3-6-15(13-16)23-22-18(9-4-10-20(22)26)21-17-8-2-1-5-14(17)11-12-19(21)24-23/h1-3,5-8,11-13,23-25H,4,9-10H2/t23-/m0/s1. The van der Waals surface area contributed by atoms with E-state index in [2.05, 4.69) is 35.6 Å². The van der Waals surface area contributed by atoms with Crippen LogP contribution >= 0.6 is 0 Å². The number of hydrogen-bond donors (Lipinski definition) is 2. The van der Waals surface area contributed by atoms with Crippen molar-refractivity contribution < 1.29 is 9.90 Å². The number of aromatic hydroxyl groups is 1. The summed E-state index contributed by atoms with van der Waals surface area (Å²) < 4.78 is 0. The van der Waals surface area contributed by atoms with Crippen molar-refractivity contribution in [3.63, 3.8) is 0 Å². The van der Waals surface area contributed by atoms with Crippen LogP contribution in [0.3, 0.4) is 0 Å². The summed E-state index contributed by atoms with van der Waals surface area (Å²) in [4.78, 5) is 12.9. The van der Waals surface area contributed by atoms with Gasteiger partial charge in [0.1, 0.15) is 5.75 Å². The Kier molecular flexibility index (Phi) is 3.35. The molecule has 0 fully saturated rings. The summed E-state index contributed by atoms with van der Waals surface area (Å²) in [5, 5.41) is 15.9. The van der Waals surface area contributed by atoms with E-state index in [-0.39, 0.29) is 17.6 Å². The van der Waals surface area contributed by atoms with Crippen LogP contribution in [0.15, 0.2) is 66.2 Å². The number of hydrogen-bond acceptors (Lipinski definition) is 3. The number of phenolic OH excluding ortho intramolecular Hbond substituents is 1. The molecule has 5 rings (SSSR count). The summed E-state index contributed by atoms with van der Waals surface area (Å²) >= 11 is 0. The van der Waals surface area contributed by atoms with Gasteiger partial charge in [0.15, 0.2) is 5.78 Å². The van der Waals surface area contributed by atoms with Gasteiger partial charge in [-0.3, -0.25) is 4.79 Å². The molecular weight excluding hydrogens is 322 g/mol. The average molecular weight is 341 g/mol. The molecule has 0 spiro atoms. The molecule has 2 N–H and O–H groups in total. The lowest BCUT2D eigenvalue weighted by Crippen LogP contribution is -2.27. The Morgan fingerprint density at radius 2 is 1.85 bits per heavy atom. The fourth-order valence-corrected chi connectivity index (χ4v) is 4.36. The fraction of sp³-hybridized carbons (Fsp3) is 0.174. The zero-order chi connectivity index (χ0) is 17.7. The molecule has 3 aromatic rings. The Morgan fingerprint density at radius 1 is 0.962 bits per heavy atom. The van der Waals surface area contributed by atoms with Crippen molar-refractivity contribution in [1.29, 1.82) is 0 Å². The van der Waals surface area contributed by atoms with Gasteiger partial charge in [0.25, 0.3) is 0 Å².